The fourth-order valence-electron chi connectivity index (χ4n) is 6.25. The molecular weight excluding hydrogens is 396 g/mol. The molecule has 4 aliphatic rings. The number of ether oxygens (including phenoxy) is 1. The Labute approximate surface area is 182 Å². The summed E-state index contributed by atoms with van der Waals surface area (Å²) in [5.74, 6) is 4.20. The zero-order valence-electron chi connectivity index (χ0n) is 17.9. The van der Waals surface area contributed by atoms with Gasteiger partial charge in [0.2, 0.25) is 5.91 Å². The molecule has 4 bridgehead atoms. The largest absolute Gasteiger partial charge is 0.497 e. The molecule has 6 rings (SSSR count). The first-order valence-electron chi connectivity index (χ1n) is 11.0. The van der Waals surface area contributed by atoms with Gasteiger partial charge in [0.1, 0.15) is 5.75 Å². The molecule has 30 heavy (non-hydrogen) atoms. The van der Waals surface area contributed by atoms with Crippen molar-refractivity contribution in [1.82, 2.24) is 20.1 Å². The lowest BCUT2D eigenvalue weighted by atomic mass is 9.53. The van der Waals surface area contributed by atoms with Crippen molar-refractivity contribution in [3.05, 3.63) is 24.3 Å². The molecule has 7 heteroatoms. The van der Waals surface area contributed by atoms with E-state index in [9.17, 15) is 4.79 Å². The maximum atomic E-state index is 13.1. The normalized spacial score (nSPS) is 30.3. The SMILES string of the molecule is COc1ccc(-c2nnc(S[C@@H](C)C(=O)NC34CC5CC(CC(C5)C3)C4)n2C)cc1. The molecule has 0 spiro atoms. The van der Waals surface area contributed by atoms with Crippen LogP contribution in [0.25, 0.3) is 11.4 Å². The zero-order chi connectivity index (χ0) is 20.9. The Morgan fingerprint density at radius 2 is 1.73 bits per heavy atom. The third-order valence-electron chi connectivity index (χ3n) is 7.26. The highest BCUT2D eigenvalue weighted by Gasteiger charge is 2.51. The first-order chi connectivity index (χ1) is 14.4. The molecule has 4 fully saturated rings. The maximum absolute atomic E-state index is 13.1. The number of hydrogen-bond donors (Lipinski definition) is 1. The van der Waals surface area contributed by atoms with Crippen molar-refractivity contribution < 1.29 is 9.53 Å². The number of nitrogens with zero attached hydrogens (tertiary/aromatic N) is 3. The van der Waals surface area contributed by atoms with Crippen LogP contribution in [0.5, 0.6) is 5.75 Å². The van der Waals surface area contributed by atoms with Gasteiger partial charge in [-0.2, -0.15) is 0 Å². The van der Waals surface area contributed by atoms with E-state index in [1.54, 1.807) is 7.11 Å². The second-order valence-corrected chi connectivity index (χ2v) is 10.8. The summed E-state index contributed by atoms with van der Waals surface area (Å²) < 4.78 is 7.19. The van der Waals surface area contributed by atoms with Crippen molar-refractivity contribution in [3.8, 4) is 17.1 Å². The number of nitrogens with one attached hydrogen (secondary N) is 1. The van der Waals surface area contributed by atoms with Gasteiger partial charge in [-0.1, -0.05) is 11.8 Å². The van der Waals surface area contributed by atoms with Crippen molar-refractivity contribution in [3.63, 3.8) is 0 Å². The number of rotatable bonds is 6. The molecule has 6 nitrogen and oxygen atoms in total. The van der Waals surface area contributed by atoms with E-state index in [1.165, 1.54) is 50.3 Å². The smallest absolute Gasteiger partial charge is 0.233 e. The van der Waals surface area contributed by atoms with Crippen LogP contribution in [-0.4, -0.2) is 38.6 Å². The molecular formula is C23H30N4O2S. The molecule has 1 N–H and O–H groups in total. The summed E-state index contributed by atoms with van der Waals surface area (Å²) in [5.41, 5.74) is 1.03. The topological polar surface area (TPSA) is 69.0 Å². The Hall–Kier alpha value is -2.02. The minimum Gasteiger partial charge on any atom is -0.497 e. The number of carbonyl (C=O) groups is 1. The predicted octanol–water partition coefficient (Wildman–Crippen LogP) is 4.06. The first-order valence-corrected chi connectivity index (χ1v) is 11.8. The van der Waals surface area contributed by atoms with Crippen molar-refractivity contribution in [2.24, 2.45) is 24.8 Å². The minimum atomic E-state index is -0.204. The Kier molecular flexibility index (Phi) is 5.04. The Balaban J connectivity index is 1.26. The van der Waals surface area contributed by atoms with Crippen molar-refractivity contribution >= 4 is 17.7 Å². The van der Waals surface area contributed by atoms with Crippen LogP contribution >= 0.6 is 11.8 Å². The van der Waals surface area contributed by atoms with E-state index in [-0.39, 0.29) is 16.7 Å². The number of amides is 1. The van der Waals surface area contributed by atoms with Crippen LogP contribution in [0.2, 0.25) is 0 Å². The number of methoxy groups -OCH3 is 1. The second-order valence-electron chi connectivity index (χ2n) is 9.54. The molecule has 1 aromatic carbocycles. The van der Waals surface area contributed by atoms with Gasteiger partial charge in [-0.25, -0.2) is 0 Å². The van der Waals surface area contributed by atoms with E-state index < -0.39 is 0 Å². The molecule has 4 saturated carbocycles. The maximum Gasteiger partial charge on any atom is 0.233 e. The van der Waals surface area contributed by atoms with E-state index >= 15 is 0 Å². The fraction of sp³-hybridized carbons (Fsp3) is 0.609. The molecule has 1 heterocycles. The minimum absolute atomic E-state index is 0.0504. The summed E-state index contributed by atoms with van der Waals surface area (Å²) in [4.78, 5) is 13.1. The highest BCUT2D eigenvalue weighted by molar-refractivity contribution is 8.00. The van der Waals surface area contributed by atoms with E-state index in [1.807, 2.05) is 42.8 Å². The number of carbonyl (C=O) groups excluding carboxylic acids is 1. The van der Waals surface area contributed by atoms with Crippen LogP contribution in [0.1, 0.15) is 45.4 Å². The summed E-state index contributed by atoms with van der Waals surface area (Å²) in [6.45, 7) is 1.97. The zero-order valence-corrected chi connectivity index (χ0v) is 18.7. The molecule has 1 amide bonds. The standard InChI is InChI=1S/C23H30N4O2S/c1-14(21(28)24-23-11-15-8-16(12-23)10-17(9-15)13-23)30-22-26-25-20(27(22)2)18-4-6-19(29-3)7-5-18/h4-7,14-17H,8-13H2,1-3H3,(H,24,28)/t14-,15?,16?,17?,23?/m0/s1. The lowest BCUT2D eigenvalue weighted by molar-refractivity contribution is -0.126. The molecule has 0 radical (unpaired) electrons. The quantitative estimate of drug-likeness (QED) is 0.706. The van der Waals surface area contributed by atoms with Crippen molar-refractivity contribution in [2.45, 2.75) is 61.4 Å². The van der Waals surface area contributed by atoms with Gasteiger partial charge in [-0.3, -0.25) is 4.79 Å². The monoisotopic (exact) mass is 426 g/mol. The van der Waals surface area contributed by atoms with Gasteiger partial charge in [-0.05, 0) is 87.5 Å². The molecule has 0 aliphatic heterocycles. The molecule has 2 aromatic rings. The second kappa shape index (κ2) is 7.59. The number of hydrogen-bond acceptors (Lipinski definition) is 5. The van der Waals surface area contributed by atoms with Crippen LogP contribution in [0.3, 0.4) is 0 Å². The lowest BCUT2D eigenvalue weighted by Gasteiger charge is -2.57. The first kappa shape index (κ1) is 19.9. The molecule has 1 aromatic heterocycles. The van der Waals surface area contributed by atoms with Crippen LogP contribution in [0.4, 0.5) is 0 Å². The van der Waals surface area contributed by atoms with Gasteiger partial charge in [0.05, 0.1) is 12.4 Å². The number of thioether (sulfide) groups is 1. The Bertz CT molecular complexity index is 904. The van der Waals surface area contributed by atoms with Gasteiger partial charge in [0, 0.05) is 18.2 Å². The summed E-state index contributed by atoms with van der Waals surface area (Å²) in [7, 11) is 3.60. The molecule has 160 valence electrons. The van der Waals surface area contributed by atoms with Crippen molar-refractivity contribution in [2.75, 3.05) is 7.11 Å². The summed E-state index contributed by atoms with van der Waals surface area (Å²) in [6.07, 6.45) is 7.67. The van der Waals surface area contributed by atoms with Crippen LogP contribution in [-0.2, 0) is 11.8 Å². The van der Waals surface area contributed by atoms with Gasteiger partial charge < -0.3 is 14.6 Å². The van der Waals surface area contributed by atoms with Crippen LogP contribution in [0.15, 0.2) is 29.4 Å². The average Bonchev–Trinajstić information content (AvgIpc) is 3.07. The van der Waals surface area contributed by atoms with Gasteiger partial charge >= 0.3 is 0 Å². The van der Waals surface area contributed by atoms with E-state index in [0.717, 1.165) is 40.0 Å². The number of benzene rings is 1. The third-order valence-corrected chi connectivity index (χ3v) is 8.40. The van der Waals surface area contributed by atoms with E-state index in [0.29, 0.717) is 0 Å². The van der Waals surface area contributed by atoms with Gasteiger partial charge in [0.25, 0.3) is 0 Å². The predicted molar refractivity (Wildman–Crippen MR) is 117 cm³/mol. The summed E-state index contributed by atoms with van der Waals surface area (Å²) in [5, 5.41) is 12.7. The summed E-state index contributed by atoms with van der Waals surface area (Å²) in [6, 6.07) is 7.78. The molecule has 0 saturated heterocycles. The van der Waals surface area contributed by atoms with Crippen LogP contribution in [0, 0.1) is 17.8 Å². The number of aromatic nitrogens is 3. The molecule has 4 aliphatic carbocycles. The molecule has 0 unspecified atom stereocenters. The van der Waals surface area contributed by atoms with Crippen LogP contribution < -0.4 is 10.1 Å². The van der Waals surface area contributed by atoms with E-state index in [2.05, 4.69) is 15.5 Å². The fourth-order valence-corrected chi connectivity index (χ4v) is 7.06. The van der Waals surface area contributed by atoms with Gasteiger partial charge in [0.15, 0.2) is 11.0 Å². The highest BCUT2D eigenvalue weighted by atomic mass is 32.2. The van der Waals surface area contributed by atoms with E-state index in [4.69, 9.17) is 4.74 Å². The summed E-state index contributed by atoms with van der Waals surface area (Å²) >= 11 is 1.48. The average molecular weight is 427 g/mol. The molecule has 1 atom stereocenters. The third kappa shape index (κ3) is 3.61. The lowest BCUT2D eigenvalue weighted by Crippen LogP contribution is -2.60. The van der Waals surface area contributed by atoms with Crippen molar-refractivity contribution in [1.29, 1.82) is 0 Å². The van der Waals surface area contributed by atoms with Gasteiger partial charge in [-0.15, -0.1) is 10.2 Å². The highest BCUT2D eigenvalue weighted by Crippen LogP contribution is 2.55. The Morgan fingerprint density at radius 1 is 1.13 bits per heavy atom. The Morgan fingerprint density at radius 3 is 2.30 bits per heavy atom.